The third-order valence-electron chi connectivity index (χ3n) is 2.49. The summed E-state index contributed by atoms with van der Waals surface area (Å²) >= 11 is 0. The summed E-state index contributed by atoms with van der Waals surface area (Å²) in [6.07, 6.45) is 3.26. The molecule has 2 N–H and O–H groups in total. The summed E-state index contributed by atoms with van der Waals surface area (Å²) in [5.74, 6) is -0.279. The van der Waals surface area contributed by atoms with Crippen molar-refractivity contribution in [2.24, 2.45) is 11.8 Å². The Labute approximate surface area is 66.0 Å². The summed E-state index contributed by atoms with van der Waals surface area (Å²) in [4.78, 5) is 10.3. The van der Waals surface area contributed by atoms with E-state index in [2.05, 4.69) is 0 Å². The number of hydrogen-bond acceptors (Lipinski definition) is 2. The molecule has 1 aliphatic rings. The van der Waals surface area contributed by atoms with Gasteiger partial charge in [-0.1, -0.05) is 6.42 Å². The lowest BCUT2D eigenvalue weighted by Gasteiger charge is -2.13. The Balaban J connectivity index is 2.37. The Morgan fingerprint density at radius 1 is 1.36 bits per heavy atom. The number of aliphatic hydroxyl groups excluding tert-OH is 1. The number of carbonyl (C=O) groups is 1. The SMILES string of the molecule is O=C(O)C[C@@H]1CCCC1CO. The van der Waals surface area contributed by atoms with Gasteiger partial charge in [0.05, 0.1) is 0 Å². The van der Waals surface area contributed by atoms with Crippen LogP contribution in [0, 0.1) is 11.8 Å². The van der Waals surface area contributed by atoms with E-state index >= 15 is 0 Å². The van der Waals surface area contributed by atoms with Crippen LogP contribution in [0.2, 0.25) is 0 Å². The second-order valence-electron chi connectivity index (χ2n) is 3.23. The molecule has 1 unspecified atom stereocenters. The molecule has 0 radical (unpaired) electrons. The highest BCUT2D eigenvalue weighted by Crippen LogP contribution is 2.33. The number of aliphatic hydroxyl groups is 1. The van der Waals surface area contributed by atoms with Gasteiger partial charge in [0.1, 0.15) is 0 Å². The zero-order valence-electron chi connectivity index (χ0n) is 6.49. The molecule has 1 aliphatic carbocycles. The molecule has 11 heavy (non-hydrogen) atoms. The molecular weight excluding hydrogens is 144 g/mol. The average molecular weight is 158 g/mol. The summed E-state index contributed by atoms with van der Waals surface area (Å²) in [5, 5.41) is 17.4. The second-order valence-corrected chi connectivity index (χ2v) is 3.23. The van der Waals surface area contributed by atoms with E-state index < -0.39 is 5.97 Å². The van der Waals surface area contributed by atoms with Gasteiger partial charge in [0, 0.05) is 13.0 Å². The maximum absolute atomic E-state index is 10.3. The molecule has 0 amide bonds. The molecule has 1 fully saturated rings. The van der Waals surface area contributed by atoms with Crippen molar-refractivity contribution in [3.05, 3.63) is 0 Å². The maximum Gasteiger partial charge on any atom is 0.303 e. The van der Waals surface area contributed by atoms with Crippen LogP contribution in [-0.2, 0) is 4.79 Å². The van der Waals surface area contributed by atoms with Crippen LogP contribution in [-0.4, -0.2) is 22.8 Å². The van der Waals surface area contributed by atoms with E-state index in [0.717, 1.165) is 19.3 Å². The molecule has 0 heterocycles. The molecule has 2 atom stereocenters. The maximum atomic E-state index is 10.3. The minimum Gasteiger partial charge on any atom is -0.481 e. The third kappa shape index (κ3) is 2.19. The summed E-state index contributed by atoms with van der Waals surface area (Å²) in [7, 11) is 0. The topological polar surface area (TPSA) is 57.5 Å². The van der Waals surface area contributed by atoms with Crippen LogP contribution in [0.3, 0.4) is 0 Å². The first-order valence-electron chi connectivity index (χ1n) is 4.06. The van der Waals surface area contributed by atoms with Crippen molar-refractivity contribution in [3.63, 3.8) is 0 Å². The van der Waals surface area contributed by atoms with Crippen LogP contribution in [0.15, 0.2) is 0 Å². The highest BCUT2D eigenvalue weighted by Gasteiger charge is 2.27. The summed E-state index contributed by atoms with van der Waals surface area (Å²) in [6.45, 7) is 0.151. The van der Waals surface area contributed by atoms with Gasteiger partial charge in [-0.15, -0.1) is 0 Å². The van der Waals surface area contributed by atoms with Crippen molar-refractivity contribution in [1.82, 2.24) is 0 Å². The number of carboxylic acids is 1. The first kappa shape index (κ1) is 8.53. The van der Waals surface area contributed by atoms with Gasteiger partial charge in [0.25, 0.3) is 0 Å². The Bertz CT molecular complexity index is 144. The number of hydrogen-bond donors (Lipinski definition) is 2. The van der Waals surface area contributed by atoms with Crippen molar-refractivity contribution in [2.75, 3.05) is 6.61 Å². The predicted molar refractivity (Wildman–Crippen MR) is 40.2 cm³/mol. The molecular formula is C8H14O3. The molecule has 3 nitrogen and oxygen atoms in total. The summed E-state index contributed by atoms with van der Waals surface area (Å²) in [5.41, 5.74) is 0. The second kappa shape index (κ2) is 3.72. The summed E-state index contributed by atoms with van der Waals surface area (Å²) in [6, 6.07) is 0. The van der Waals surface area contributed by atoms with Gasteiger partial charge in [-0.25, -0.2) is 0 Å². The lowest BCUT2D eigenvalue weighted by Crippen LogP contribution is -2.15. The van der Waals surface area contributed by atoms with E-state index in [1.54, 1.807) is 0 Å². The molecule has 64 valence electrons. The van der Waals surface area contributed by atoms with Crippen LogP contribution >= 0.6 is 0 Å². The largest absolute Gasteiger partial charge is 0.481 e. The van der Waals surface area contributed by atoms with Gasteiger partial charge in [0.15, 0.2) is 0 Å². The third-order valence-corrected chi connectivity index (χ3v) is 2.49. The molecule has 0 aromatic heterocycles. The highest BCUT2D eigenvalue weighted by molar-refractivity contribution is 5.67. The van der Waals surface area contributed by atoms with Crippen LogP contribution in [0.25, 0.3) is 0 Å². The Morgan fingerprint density at radius 2 is 2.00 bits per heavy atom. The lowest BCUT2D eigenvalue weighted by molar-refractivity contribution is -0.138. The number of rotatable bonds is 3. The minimum atomic E-state index is -0.740. The van der Waals surface area contributed by atoms with E-state index in [1.807, 2.05) is 0 Å². The standard InChI is InChI=1S/C8H14O3/c9-5-7-3-1-2-6(7)4-8(10)11/h6-7,9H,1-5H2,(H,10,11)/t6-,7?/m0/s1. The fourth-order valence-electron chi connectivity index (χ4n) is 1.85. The van der Waals surface area contributed by atoms with E-state index in [1.165, 1.54) is 0 Å². The van der Waals surface area contributed by atoms with Crippen molar-refractivity contribution >= 4 is 5.97 Å². The van der Waals surface area contributed by atoms with Crippen LogP contribution in [0.5, 0.6) is 0 Å². The molecule has 0 saturated heterocycles. The van der Waals surface area contributed by atoms with Crippen molar-refractivity contribution in [3.8, 4) is 0 Å². The molecule has 0 bridgehead atoms. The normalized spacial score (nSPS) is 30.6. The highest BCUT2D eigenvalue weighted by atomic mass is 16.4. The van der Waals surface area contributed by atoms with Crippen molar-refractivity contribution in [2.45, 2.75) is 25.7 Å². The van der Waals surface area contributed by atoms with Crippen molar-refractivity contribution in [1.29, 1.82) is 0 Å². The average Bonchev–Trinajstić information content (AvgIpc) is 2.34. The number of aliphatic carboxylic acids is 1. The molecule has 1 saturated carbocycles. The van der Waals surface area contributed by atoms with E-state index in [9.17, 15) is 4.79 Å². The molecule has 0 aliphatic heterocycles. The first-order valence-corrected chi connectivity index (χ1v) is 4.06. The van der Waals surface area contributed by atoms with Crippen LogP contribution in [0.1, 0.15) is 25.7 Å². The molecule has 0 spiro atoms. The van der Waals surface area contributed by atoms with Gasteiger partial charge in [-0.2, -0.15) is 0 Å². The quantitative estimate of drug-likeness (QED) is 0.640. The zero-order chi connectivity index (χ0) is 8.27. The molecule has 3 heteroatoms. The van der Waals surface area contributed by atoms with Gasteiger partial charge >= 0.3 is 5.97 Å². The van der Waals surface area contributed by atoms with E-state index in [0.29, 0.717) is 0 Å². The monoisotopic (exact) mass is 158 g/mol. The van der Waals surface area contributed by atoms with E-state index in [4.69, 9.17) is 10.2 Å². The fraction of sp³-hybridized carbons (Fsp3) is 0.875. The zero-order valence-corrected chi connectivity index (χ0v) is 6.49. The Morgan fingerprint density at radius 3 is 2.55 bits per heavy atom. The van der Waals surface area contributed by atoms with Gasteiger partial charge in [-0.05, 0) is 24.7 Å². The van der Waals surface area contributed by atoms with Gasteiger partial charge in [0.2, 0.25) is 0 Å². The van der Waals surface area contributed by atoms with Crippen molar-refractivity contribution < 1.29 is 15.0 Å². The van der Waals surface area contributed by atoms with E-state index in [-0.39, 0.29) is 24.9 Å². The Kier molecular flexibility index (Phi) is 2.88. The molecule has 1 rings (SSSR count). The predicted octanol–water partition coefficient (Wildman–Crippen LogP) is 0.870. The minimum absolute atomic E-state index is 0.151. The lowest BCUT2D eigenvalue weighted by atomic mass is 9.94. The summed E-state index contributed by atoms with van der Waals surface area (Å²) < 4.78 is 0. The molecule has 0 aromatic carbocycles. The first-order chi connectivity index (χ1) is 5.24. The molecule has 0 aromatic rings. The Hall–Kier alpha value is -0.570. The van der Waals surface area contributed by atoms with Gasteiger partial charge < -0.3 is 10.2 Å². The fourth-order valence-corrected chi connectivity index (χ4v) is 1.85. The van der Waals surface area contributed by atoms with Crippen LogP contribution < -0.4 is 0 Å². The van der Waals surface area contributed by atoms with Crippen LogP contribution in [0.4, 0.5) is 0 Å². The number of carboxylic acid groups (broad SMARTS) is 1. The van der Waals surface area contributed by atoms with Gasteiger partial charge in [-0.3, -0.25) is 4.79 Å². The smallest absolute Gasteiger partial charge is 0.303 e.